The van der Waals surface area contributed by atoms with Crippen molar-refractivity contribution in [2.24, 2.45) is 7.05 Å². The Labute approximate surface area is 98.1 Å². The minimum absolute atomic E-state index is 0.978. The summed E-state index contributed by atoms with van der Waals surface area (Å²) in [6.45, 7) is 0. The van der Waals surface area contributed by atoms with Gasteiger partial charge in [0, 0.05) is 7.05 Å². The van der Waals surface area contributed by atoms with E-state index in [1.54, 1.807) is 0 Å². The molecule has 0 bridgehead atoms. The van der Waals surface area contributed by atoms with E-state index in [0.717, 1.165) is 23.1 Å². The third kappa shape index (κ3) is 2.48. The van der Waals surface area contributed by atoms with Crippen LogP contribution < -0.4 is 0 Å². The van der Waals surface area contributed by atoms with Crippen molar-refractivity contribution < 1.29 is 0 Å². The Hall–Kier alpha value is -1.09. The van der Waals surface area contributed by atoms with E-state index in [4.69, 9.17) is 0 Å². The zero-order chi connectivity index (χ0) is 10.7. The molecule has 2 rings (SSSR count). The summed E-state index contributed by atoms with van der Waals surface area (Å²) in [6, 6.07) is 10.5. The van der Waals surface area contributed by atoms with Crippen molar-refractivity contribution in [3.8, 4) is 0 Å². The summed E-state index contributed by atoms with van der Waals surface area (Å²) in [6.07, 6.45) is 3.85. The maximum atomic E-state index is 4.35. The summed E-state index contributed by atoms with van der Waals surface area (Å²) >= 11 is 3.52. The molecule has 2 nitrogen and oxygen atoms in total. The molecule has 0 saturated heterocycles. The Balaban J connectivity index is 2.02. The molecular weight excluding hydrogens is 252 g/mol. The van der Waals surface area contributed by atoms with Crippen molar-refractivity contribution in [1.29, 1.82) is 0 Å². The van der Waals surface area contributed by atoms with Crippen LogP contribution in [0.2, 0.25) is 0 Å². The van der Waals surface area contributed by atoms with Gasteiger partial charge in [0.15, 0.2) is 0 Å². The van der Waals surface area contributed by atoms with Gasteiger partial charge in [-0.2, -0.15) is 0 Å². The van der Waals surface area contributed by atoms with Crippen molar-refractivity contribution >= 4 is 15.9 Å². The molecule has 0 spiro atoms. The Morgan fingerprint density at radius 2 is 1.93 bits per heavy atom. The van der Waals surface area contributed by atoms with Crippen LogP contribution in [0.5, 0.6) is 0 Å². The Morgan fingerprint density at radius 3 is 2.53 bits per heavy atom. The first-order valence-electron chi connectivity index (χ1n) is 4.97. The second-order valence-electron chi connectivity index (χ2n) is 3.58. The lowest BCUT2D eigenvalue weighted by atomic mass is 10.1. The molecule has 0 N–H and O–H groups in total. The molecule has 0 fully saturated rings. The van der Waals surface area contributed by atoms with Gasteiger partial charge in [-0.15, -0.1) is 0 Å². The lowest BCUT2D eigenvalue weighted by Crippen LogP contribution is -1.93. The van der Waals surface area contributed by atoms with E-state index in [1.165, 1.54) is 5.56 Å². The van der Waals surface area contributed by atoms with E-state index in [0.29, 0.717) is 0 Å². The molecule has 0 unspecified atom stereocenters. The Kier molecular flexibility index (Phi) is 3.21. The highest BCUT2D eigenvalue weighted by Crippen LogP contribution is 2.16. The molecule has 15 heavy (non-hydrogen) atoms. The fourth-order valence-corrected chi connectivity index (χ4v) is 1.93. The summed E-state index contributed by atoms with van der Waals surface area (Å²) in [5.41, 5.74) is 2.48. The van der Waals surface area contributed by atoms with Gasteiger partial charge in [0.1, 0.15) is 4.60 Å². The molecule has 0 aliphatic carbocycles. The van der Waals surface area contributed by atoms with Crippen LogP contribution in [0.4, 0.5) is 0 Å². The van der Waals surface area contributed by atoms with Crippen LogP contribution in [0.1, 0.15) is 11.3 Å². The third-order valence-corrected chi connectivity index (χ3v) is 3.44. The molecule has 0 aliphatic heterocycles. The average Bonchev–Trinajstić information content (AvgIpc) is 2.59. The van der Waals surface area contributed by atoms with Crippen LogP contribution in [-0.4, -0.2) is 9.55 Å². The summed E-state index contributed by atoms with van der Waals surface area (Å²) in [5.74, 6) is 0. The number of imidazole rings is 1. The monoisotopic (exact) mass is 264 g/mol. The van der Waals surface area contributed by atoms with Gasteiger partial charge >= 0.3 is 0 Å². The second kappa shape index (κ2) is 4.62. The summed E-state index contributed by atoms with van der Waals surface area (Å²) in [4.78, 5) is 4.35. The molecule has 1 heterocycles. The highest BCUT2D eigenvalue weighted by Gasteiger charge is 2.05. The Morgan fingerprint density at radius 1 is 1.20 bits per heavy atom. The number of aromatic nitrogens is 2. The molecule has 3 heteroatoms. The first-order valence-corrected chi connectivity index (χ1v) is 5.76. The van der Waals surface area contributed by atoms with Crippen molar-refractivity contribution in [3.63, 3.8) is 0 Å². The van der Waals surface area contributed by atoms with Gasteiger partial charge < -0.3 is 4.57 Å². The molecule has 78 valence electrons. The SMILES string of the molecule is Cn1cnc(CCc2ccccc2)c1Br. The number of benzene rings is 1. The van der Waals surface area contributed by atoms with Crippen LogP contribution >= 0.6 is 15.9 Å². The lowest BCUT2D eigenvalue weighted by molar-refractivity contribution is 0.876. The van der Waals surface area contributed by atoms with E-state index in [9.17, 15) is 0 Å². The molecular formula is C12H13BrN2. The minimum atomic E-state index is 0.978. The van der Waals surface area contributed by atoms with Crippen molar-refractivity contribution in [3.05, 3.63) is 52.5 Å². The molecule has 0 aliphatic rings. The predicted octanol–water partition coefficient (Wildman–Crippen LogP) is 2.97. The molecule has 0 radical (unpaired) electrons. The normalized spacial score (nSPS) is 10.5. The maximum Gasteiger partial charge on any atom is 0.107 e. The van der Waals surface area contributed by atoms with Crippen LogP contribution in [-0.2, 0) is 19.9 Å². The predicted molar refractivity (Wildman–Crippen MR) is 64.8 cm³/mol. The van der Waals surface area contributed by atoms with Crippen molar-refractivity contribution in [2.75, 3.05) is 0 Å². The van der Waals surface area contributed by atoms with Gasteiger partial charge in [0.05, 0.1) is 12.0 Å². The molecule has 0 atom stereocenters. The summed E-state index contributed by atoms with van der Waals surface area (Å²) in [7, 11) is 1.99. The van der Waals surface area contributed by atoms with Gasteiger partial charge in [0.2, 0.25) is 0 Å². The summed E-state index contributed by atoms with van der Waals surface area (Å²) in [5, 5.41) is 0. The molecule has 1 aromatic carbocycles. The molecule has 2 aromatic rings. The largest absolute Gasteiger partial charge is 0.328 e. The smallest absolute Gasteiger partial charge is 0.107 e. The number of nitrogens with zero attached hydrogens (tertiary/aromatic N) is 2. The standard InChI is InChI=1S/C12H13BrN2/c1-15-9-14-11(12(15)13)8-7-10-5-3-2-4-6-10/h2-6,9H,7-8H2,1H3. The zero-order valence-corrected chi connectivity index (χ0v) is 10.2. The van der Waals surface area contributed by atoms with E-state index >= 15 is 0 Å². The molecule has 0 saturated carbocycles. The van der Waals surface area contributed by atoms with Crippen molar-refractivity contribution in [2.45, 2.75) is 12.8 Å². The first kappa shape index (κ1) is 10.4. The van der Waals surface area contributed by atoms with E-state index in [-0.39, 0.29) is 0 Å². The highest BCUT2D eigenvalue weighted by molar-refractivity contribution is 9.10. The van der Waals surface area contributed by atoms with Gasteiger partial charge in [-0.1, -0.05) is 30.3 Å². The zero-order valence-electron chi connectivity index (χ0n) is 8.65. The van der Waals surface area contributed by atoms with Gasteiger partial charge in [-0.3, -0.25) is 0 Å². The van der Waals surface area contributed by atoms with Crippen molar-refractivity contribution in [1.82, 2.24) is 9.55 Å². The topological polar surface area (TPSA) is 17.8 Å². The maximum absolute atomic E-state index is 4.35. The molecule has 0 amide bonds. The second-order valence-corrected chi connectivity index (χ2v) is 4.33. The fraction of sp³-hybridized carbons (Fsp3) is 0.250. The third-order valence-electron chi connectivity index (χ3n) is 2.43. The van der Waals surface area contributed by atoms with Crippen LogP contribution in [0.15, 0.2) is 41.3 Å². The highest BCUT2D eigenvalue weighted by atomic mass is 79.9. The van der Waals surface area contributed by atoms with Gasteiger partial charge in [-0.25, -0.2) is 4.98 Å². The quantitative estimate of drug-likeness (QED) is 0.834. The van der Waals surface area contributed by atoms with Crippen LogP contribution in [0.25, 0.3) is 0 Å². The number of halogens is 1. The number of aryl methyl sites for hydroxylation is 3. The van der Waals surface area contributed by atoms with Gasteiger partial charge in [0.25, 0.3) is 0 Å². The van der Waals surface area contributed by atoms with E-state index in [2.05, 4.69) is 45.2 Å². The average molecular weight is 265 g/mol. The fourth-order valence-electron chi connectivity index (χ4n) is 1.54. The Bertz CT molecular complexity index is 434. The first-order chi connectivity index (χ1) is 7.27. The number of rotatable bonds is 3. The number of hydrogen-bond acceptors (Lipinski definition) is 1. The summed E-state index contributed by atoms with van der Waals surface area (Å²) < 4.78 is 3.07. The van der Waals surface area contributed by atoms with E-state index < -0.39 is 0 Å². The van der Waals surface area contributed by atoms with Gasteiger partial charge in [-0.05, 0) is 34.3 Å². The van der Waals surface area contributed by atoms with E-state index in [1.807, 2.05) is 24.0 Å². The minimum Gasteiger partial charge on any atom is -0.328 e. The van der Waals surface area contributed by atoms with Crippen LogP contribution in [0, 0.1) is 0 Å². The molecule has 1 aromatic heterocycles. The van der Waals surface area contributed by atoms with Crippen LogP contribution in [0.3, 0.4) is 0 Å². The number of hydrogen-bond donors (Lipinski definition) is 0. The lowest BCUT2D eigenvalue weighted by Gasteiger charge is -2.00.